The number of carbonyl (C=O) groups excluding carboxylic acids is 1. The molecule has 110 valence electrons. The summed E-state index contributed by atoms with van der Waals surface area (Å²) in [6, 6.07) is 3.03. The highest BCUT2D eigenvalue weighted by atomic mass is 32.2. The zero-order valence-corrected chi connectivity index (χ0v) is 12.3. The van der Waals surface area contributed by atoms with E-state index >= 15 is 0 Å². The number of carbonyl (C=O) groups is 1. The van der Waals surface area contributed by atoms with Crippen LogP contribution < -0.4 is 5.73 Å². The Hall–Kier alpha value is -1.63. The molecule has 1 atom stereocenters. The first-order chi connectivity index (χ1) is 9.44. The number of aromatic nitrogens is 1. The predicted octanol–water partition coefficient (Wildman–Crippen LogP) is 0.838. The van der Waals surface area contributed by atoms with Gasteiger partial charge < -0.3 is 10.6 Å². The molecular weight excluding hydrogens is 278 g/mol. The standard InChI is InChI=1S/C13H19N3O3S/c1-10(13(17)16-8-3-2-4-9-16)20(18,19)12-11(14)6-5-7-15-12/h5-7,10H,2-4,8-9,14H2,1H3. The van der Waals surface area contributed by atoms with Crippen molar-refractivity contribution in [3.63, 3.8) is 0 Å². The largest absolute Gasteiger partial charge is 0.396 e. The number of pyridine rings is 1. The van der Waals surface area contributed by atoms with Gasteiger partial charge in [0.1, 0.15) is 5.25 Å². The van der Waals surface area contributed by atoms with E-state index in [1.807, 2.05) is 0 Å². The van der Waals surface area contributed by atoms with Gasteiger partial charge in [-0.2, -0.15) is 0 Å². The molecule has 1 aliphatic rings. The fourth-order valence-electron chi connectivity index (χ4n) is 2.31. The summed E-state index contributed by atoms with van der Waals surface area (Å²) in [7, 11) is -3.85. The van der Waals surface area contributed by atoms with E-state index in [1.54, 1.807) is 11.0 Å². The number of sulfone groups is 1. The summed E-state index contributed by atoms with van der Waals surface area (Å²) in [5.41, 5.74) is 5.73. The Bertz CT molecular complexity index is 595. The van der Waals surface area contributed by atoms with Crippen molar-refractivity contribution >= 4 is 21.4 Å². The van der Waals surface area contributed by atoms with Gasteiger partial charge in [0.25, 0.3) is 0 Å². The van der Waals surface area contributed by atoms with Gasteiger partial charge in [-0.3, -0.25) is 4.79 Å². The molecule has 2 N–H and O–H groups in total. The smallest absolute Gasteiger partial charge is 0.241 e. The highest BCUT2D eigenvalue weighted by Gasteiger charge is 2.35. The van der Waals surface area contributed by atoms with Gasteiger partial charge >= 0.3 is 0 Å². The molecule has 0 aromatic carbocycles. The molecule has 2 rings (SSSR count). The molecule has 1 unspecified atom stereocenters. The average Bonchev–Trinajstić information content (AvgIpc) is 2.47. The van der Waals surface area contributed by atoms with Crippen LogP contribution in [0.2, 0.25) is 0 Å². The molecule has 1 aromatic heterocycles. The fourth-order valence-corrected chi connectivity index (χ4v) is 3.67. The quantitative estimate of drug-likeness (QED) is 0.892. The Morgan fingerprint density at radius 2 is 2.00 bits per heavy atom. The summed E-state index contributed by atoms with van der Waals surface area (Å²) >= 11 is 0. The van der Waals surface area contributed by atoms with Gasteiger partial charge in [0.2, 0.25) is 15.7 Å². The van der Waals surface area contributed by atoms with Crippen molar-refractivity contribution in [1.29, 1.82) is 0 Å². The van der Waals surface area contributed by atoms with Gasteiger partial charge in [0, 0.05) is 19.3 Å². The molecule has 0 bridgehead atoms. The number of likely N-dealkylation sites (tertiary alicyclic amines) is 1. The third kappa shape index (κ3) is 2.77. The van der Waals surface area contributed by atoms with Crippen molar-refractivity contribution in [1.82, 2.24) is 9.88 Å². The molecule has 0 aliphatic carbocycles. The first kappa shape index (κ1) is 14.8. The highest BCUT2D eigenvalue weighted by molar-refractivity contribution is 7.92. The second-order valence-electron chi connectivity index (χ2n) is 4.97. The molecule has 1 fully saturated rings. The topological polar surface area (TPSA) is 93.4 Å². The van der Waals surface area contributed by atoms with E-state index in [1.165, 1.54) is 19.2 Å². The van der Waals surface area contributed by atoms with E-state index in [4.69, 9.17) is 5.73 Å². The van der Waals surface area contributed by atoms with E-state index in [0.29, 0.717) is 13.1 Å². The molecule has 1 aromatic rings. The lowest BCUT2D eigenvalue weighted by molar-refractivity contribution is -0.131. The highest BCUT2D eigenvalue weighted by Crippen LogP contribution is 2.22. The van der Waals surface area contributed by atoms with Crippen LogP contribution in [0.25, 0.3) is 0 Å². The van der Waals surface area contributed by atoms with Crippen molar-refractivity contribution in [2.75, 3.05) is 18.8 Å². The molecule has 6 nitrogen and oxygen atoms in total. The van der Waals surface area contributed by atoms with Crippen LogP contribution in [0, 0.1) is 0 Å². The maximum atomic E-state index is 12.4. The van der Waals surface area contributed by atoms with Crippen LogP contribution in [0.4, 0.5) is 5.69 Å². The molecule has 0 radical (unpaired) electrons. The van der Waals surface area contributed by atoms with Gasteiger partial charge in [-0.15, -0.1) is 0 Å². The zero-order valence-electron chi connectivity index (χ0n) is 11.4. The minimum atomic E-state index is -3.85. The van der Waals surface area contributed by atoms with E-state index < -0.39 is 15.1 Å². The molecule has 1 saturated heterocycles. The van der Waals surface area contributed by atoms with E-state index in [-0.39, 0.29) is 16.6 Å². The van der Waals surface area contributed by atoms with E-state index in [2.05, 4.69) is 4.98 Å². The number of hydrogen-bond acceptors (Lipinski definition) is 5. The van der Waals surface area contributed by atoms with E-state index in [0.717, 1.165) is 19.3 Å². The minimum Gasteiger partial charge on any atom is -0.396 e. The van der Waals surface area contributed by atoms with Gasteiger partial charge in [-0.25, -0.2) is 13.4 Å². The molecule has 1 amide bonds. The van der Waals surface area contributed by atoms with Crippen molar-refractivity contribution in [3.8, 4) is 0 Å². The molecule has 20 heavy (non-hydrogen) atoms. The molecule has 1 aliphatic heterocycles. The summed E-state index contributed by atoms with van der Waals surface area (Å²) in [5.74, 6) is -0.366. The monoisotopic (exact) mass is 297 g/mol. The van der Waals surface area contributed by atoms with Crippen LogP contribution in [0.15, 0.2) is 23.4 Å². The average molecular weight is 297 g/mol. The van der Waals surface area contributed by atoms with Crippen LogP contribution in [0.3, 0.4) is 0 Å². The Morgan fingerprint density at radius 3 is 2.60 bits per heavy atom. The molecule has 0 spiro atoms. The SMILES string of the molecule is CC(C(=O)N1CCCCC1)S(=O)(=O)c1ncccc1N. The van der Waals surface area contributed by atoms with Crippen molar-refractivity contribution < 1.29 is 13.2 Å². The lowest BCUT2D eigenvalue weighted by Crippen LogP contribution is -2.44. The minimum absolute atomic E-state index is 0.0748. The number of hydrogen-bond donors (Lipinski definition) is 1. The van der Waals surface area contributed by atoms with Gasteiger partial charge in [-0.05, 0) is 38.3 Å². The summed E-state index contributed by atoms with van der Waals surface area (Å²) in [4.78, 5) is 17.7. The number of piperidine rings is 1. The summed E-state index contributed by atoms with van der Waals surface area (Å²) in [6.07, 6.45) is 4.29. The molecule has 0 saturated carbocycles. The summed E-state index contributed by atoms with van der Waals surface area (Å²) in [6.45, 7) is 2.65. The normalized spacial score (nSPS) is 17.8. The van der Waals surface area contributed by atoms with Crippen LogP contribution in [0.1, 0.15) is 26.2 Å². The first-order valence-electron chi connectivity index (χ1n) is 6.68. The maximum absolute atomic E-state index is 12.4. The Kier molecular flexibility index (Phi) is 4.27. The van der Waals surface area contributed by atoms with Crippen LogP contribution in [0.5, 0.6) is 0 Å². The Labute approximate surface area is 118 Å². The number of nitrogen functional groups attached to an aromatic ring is 1. The molecular formula is C13H19N3O3S. The van der Waals surface area contributed by atoms with Crippen LogP contribution >= 0.6 is 0 Å². The Morgan fingerprint density at radius 1 is 1.35 bits per heavy atom. The second-order valence-corrected chi connectivity index (χ2v) is 7.15. The van der Waals surface area contributed by atoms with E-state index in [9.17, 15) is 13.2 Å². The lowest BCUT2D eigenvalue weighted by Gasteiger charge is -2.29. The number of amides is 1. The lowest BCUT2D eigenvalue weighted by atomic mass is 10.1. The first-order valence-corrected chi connectivity index (χ1v) is 8.22. The van der Waals surface area contributed by atoms with Crippen LogP contribution in [-0.4, -0.2) is 42.5 Å². The number of nitrogens with two attached hydrogens (primary N) is 1. The molecule has 7 heteroatoms. The molecule has 2 heterocycles. The van der Waals surface area contributed by atoms with Crippen LogP contribution in [-0.2, 0) is 14.6 Å². The maximum Gasteiger partial charge on any atom is 0.241 e. The third-order valence-electron chi connectivity index (χ3n) is 3.55. The van der Waals surface area contributed by atoms with Gasteiger partial charge in [-0.1, -0.05) is 0 Å². The van der Waals surface area contributed by atoms with Crippen molar-refractivity contribution in [3.05, 3.63) is 18.3 Å². The summed E-state index contributed by atoms with van der Waals surface area (Å²) < 4.78 is 24.9. The van der Waals surface area contributed by atoms with Crippen molar-refractivity contribution in [2.45, 2.75) is 36.5 Å². The fraction of sp³-hybridized carbons (Fsp3) is 0.538. The zero-order chi connectivity index (χ0) is 14.8. The Balaban J connectivity index is 2.25. The number of nitrogens with zero attached hydrogens (tertiary/aromatic N) is 2. The predicted molar refractivity (Wildman–Crippen MR) is 75.7 cm³/mol. The number of anilines is 1. The van der Waals surface area contributed by atoms with Crippen molar-refractivity contribution in [2.24, 2.45) is 0 Å². The van der Waals surface area contributed by atoms with Gasteiger partial charge in [0.05, 0.1) is 5.69 Å². The third-order valence-corrected chi connectivity index (χ3v) is 5.56. The second kappa shape index (κ2) is 5.78. The van der Waals surface area contributed by atoms with Gasteiger partial charge in [0.15, 0.2) is 5.03 Å². The summed E-state index contributed by atoms with van der Waals surface area (Å²) in [5, 5.41) is -1.37. The number of rotatable bonds is 3.